The monoisotopic (exact) mass is 386 g/mol. The first kappa shape index (κ1) is 23.9. The van der Waals surface area contributed by atoms with E-state index in [0.717, 1.165) is 0 Å². The molecule has 0 aliphatic rings. The van der Waals surface area contributed by atoms with Crippen LogP contribution < -0.4 is 0 Å². The summed E-state index contributed by atoms with van der Waals surface area (Å²) in [7, 11) is 0. The Morgan fingerprint density at radius 3 is 1.76 bits per heavy atom. The average Bonchev–Trinajstić information content (AvgIpc) is 2.42. The van der Waals surface area contributed by atoms with E-state index in [0.29, 0.717) is 6.42 Å². The molecule has 0 unspecified atom stereocenters. The molecule has 0 spiro atoms. The highest BCUT2D eigenvalue weighted by Gasteiger charge is 2.68. The average molecular weight is 386 g/mol. The molecule has 0 saturated carbocycles. The minimum absolute atomic E-state index is 0.309. The molecule has 0 amide bonds. The fraction of sp³-hybridized carbons (Fsp3) is 0.933. The van der Waals surface area contributed by atoms with Crippen molar-refractivity contribution in [3.8, 4) is 0 Å². The molecule has 0 aromatic rings. The van der Waals surface area contributed by atoms with Gasteiger partial charge >= 0.3 is 23.7 Å². The molecule has 0 aromatic heterocycles. The van der Waals surface area contributed by atoms with Crippen molar-refractivity contribution in [2.75, 3.05) is 6.61 Å². The number of alkyl halides is 8. The molecular weight excluding hydrogens is 364 g/mol. The first-order chi connectivity index (χ1) is 10.9. The van der Waals surface area contributed by atoms with E-state index in [2.05, 4.69) is 4.74 Å². The maximum absolute atomic E-state index is 13.5. The topological polar surface area (TPSA) is 26.3 Å². The van der Waals surface area contributed by atoms with Crippen molar-refractivity contribution in [3.63, 3.8) is 0 Å². The molecule has 0 aliphatic heterocycles. The zero-order chi connectivity index (χ0) is 20.3. The molecule has 0 rings (SSSR count). The quantitative estimate of drug-likeness (QED) is 0.356. The van der Waals surface area contributed by atoms with Crippen molar-refractivity contribution in [2.45, 2.75) is 77.1 Å². The van der Waals surface area contributed by atoms with Crippen molar-refractivity contribution in [2.24, 2.45) is 5.41 Å². The Morgan fingerprint density at radius 1 is 0.880 bits per heavy atom. The molecule has 0 fully saturated rings. The summed E-state index contributed by atoms with van der Waals surface area (Å²) in [5.41, 5.74) is -1.02. The minimum atomic E-state index is -5.66. The van der Waals surface area contributed by atoms with Crippen LogP contribution in [0.3, 0.4) is 0 Å². The molecule has 2 nitrogen and oxygen atoms in total. The van der Waals surface area contributed by atoms with Crippen LogP contribution in [-0.4, -0.2) is 36.3 Å². The molecule has 25 heavy (non-hydrogen) atoms. The zero-order valence-corrected chi connectivity index (χ0v) is 14.4. The lowest BCUT2D eigenvalue weighted by Crippen LogP contribution is -2.52. The van der Waals surface area contributed by atoms with Gasteiger partial charge in [0.05, 0.1) is 5.41 Å². The molecule has 0 bridgehead atoms. The molecule has 150 valence electrons. The van der Waals surface area contributed by atoms with Gasteiger partial charge in [0.25, 0.3) is 5.92 Å². The molecule has 0 atom stereocenters. The molecule has 0 N–H and O–H groups in total. The smallest absolute Gasteiger partial charge is 0.371 e. The molecular formula is C15H22F8O2. The Balaban J connectivity index is 4.64. The second-order valence-corrected chi connectivity index (χ2v) is 6.69. The van der Waals surface area contributed by atoms with Gasteiger partial charge in [-0.05, 0) is 26.7 Å². The van der Waals surface area contributed by atoms with Crippen LogP contribution in [0, 0.1) is 5.41 Å². The zero-order valence-electron chi connectivity index (χ0n) is 14.4. The minimum Gasteiger partial charge on any atom is -0.459 e. The van der Waals surface area contributed by atoms with Crippen LogP contribution in [0.15, 0.2) is 0 Å². The molecule has 0 radical (unpaired) electrons. The van der Waals surface area contributed by atoms with E-state index in [1.54, 1.807) is 6.92 Å². The fourth-order valence-electron chi connectivity index (χ4n) is 1.63. The lowest BCUT2D eigenvalue weighted by atomic mass is 9.91. The predicted molar refractivity (Wildman–Crippen MR) is 74.3 cm³/mol. The van der Waals surface area contributed by atoms with Gasteiger partial charge in [-0.3, -0.25) is 4.79 Å². The standard InChI is InChI=1S/C15H22F8O2/c1-5-11(2,3)10(24)25-9-13(18,19)7-6-8-14(20,21)15(22,23)12(4,16)17/h5-9H2,1-4H3. The lowest BCUT2D eigenvalue weighted by Gasteiger charge is -2.31. The van der Waals surface area contributed by atoms with E-state index in [-0.39, 0.29) is 6.92 Å². The predicted octanol–water partition coefficient (Wildman–Crippen LogP) is 5.70. The Morgan fingerprint density at radius 2 is 1.36 bits per heavy atom. The highest BCUT2D eigenvalue weighted by atomic mass is 19.3. The maximum atomic E-state index is 13.5. The Bertz CT molecular complexity index is 455. The van der Waals surface area contributed by atoms with E-state index in [9.17, 15) is 39.9 Å². The summed E-state index contributed by atoms with van der Waals surface area (Å²) >= 11 is 0. The lowest BCUT2D eigenvalue weighted by molar-refractivity contribution is -0.305. The molecule has 0 aromatic carbocycles. The molecule has 0 aliphatic carbocycles. The number of rotatable bonds is 10. The van der Waals surface area contributed by atoms with Gasteiger partial charge in [0.1, 0.15) is 0 Å². The van der Waals surface area contributed by atoms with Gasteiger partial charge in [-0.2, -0.15) is 26.3 Å². The van der Waals surface area contributed by atoms with E-state index in [1.807, 2.05) is 0 Å². The van der Waals surface area contributed by atoms with Crippen LogP contribution >= 0.6 is 0 Å². The normalized spacial score (nSPS) is 14.6. The van der Waals surface area contributed by atoms with E-state index < -0.39 is 60.9 Å². The molecule has 10 heteroatoms. The van der Waals surface area contributed by atoms with Crippen molar-refractivity contribution >= 4 is 5.97 Å². The number of hydrogen-bond acceptors (Lipinski definition) is 2. The van der Waals surface area contributed by atoms with E-state index in [1.165, 1.54) is 13.8 Å². The largest absolute Gasteiger partial charge is 0.459 e. The first-order valence-corrected chi connectivity index (χ1v) is 7.58. The molecule has 0 saturated heterocycles. The van der Waals surface area contributed by atoms with Crippen molar-refractivity contribution in [1.29, 1.82) is 0 Å². The summed E-state index contributed by atoms with van der Waals surface area (Å²) < 4.78 is 109. The summed E-state index contributed by atoms with van der Waals surface area (Å²) in [5, 5.41) is 0. The van der Waals surface area contributed by atoms with E-state index in [4.69, 9.17) is 0 Å². The van der Waals surface area contributed by atoms with Crippen LogP contribution in [0.5, 0.6) is 0 Å². The van der Waals surface area contributed by atoms with Crippen LogP contribution in [0.2, 0.25) is 0 Å². The van der Waals surface area contributed by atoms with Crippen LogP contribution in [-0.2, 0) is 9.53 Å². The number of carbonyl (C=O) groups excluding carboxylic acids is 1. The third kappa shape index (κ3) is 6.29. The number of esters is 1. The van der Waals surface area contributed by atoms with Crippen molar-refractivity contribution in [1.82, 2.24) is 0 Å². The first-order valence-electron chi connectivity index (χ1n) is 7.58. The Labute approximate surface area is 140 Å². The highest BCUT2D eigenvalue weighted by molar-refractivity contribution is 5.75. The Hall–Kier alpha value is -1.09. The second-order valence-electron chi connectivity index (χ2n) is 6.69. The van der Waals surface area contributed by atoms with Crippen LogP contribution in [0.4, 0.5) is 35.1 Å². The van der Waals surface area contributed by atoms with Crippen molar-refractivity contribution < 1.29 is 44.7 Å². The number of halogens is 8. The maximum Gasteiger partial charge on any atom is 0.371 e. The summed E-state index contributed by atoms with van der Waals surface area (Å²) in [6.07, 6.45) is -4.01. The summed E-state index contributed by atoms with van der Waals surface area (Å²) in [5.74, 6) is -20.5. The van der Waals surface area contributed by atoms with Gasteiger partial charge in [-0.1, -0.05) is 6.92 Å². The SMILES string of the molecule is CCC(C)(C)C(=O)OCC(F)(F)CCCC(F)(F)C(F)(F)C(C)(F)F. The number of carbonyl (C=O) groups is 1. The van der Waals surface area contributed by atoms with Gasteiger partial charge in [-0.25, -0.2) is 8.78 Å². The Kier molecular flexibility index (Phi) is 7.32. The number of ether oxygens (including phenoxy) is 1. The van der Waals surface area contributed by atoms with Gasteiger partial charge in [0.15, 0.2) is 6.61 Å². The van der Waals surface area contributed by atoms with Crippen molar-refractivity contribution in [3.05, 3.63) is 0 Å². The fourth-order valence-corrected chi connectivity index (χ4v) is 1.63. The molecule has 0 heterocycles. The van der Waals surface area contributed by atoms with Gasteiger partial charge in [0.2, 0.25) is 0 Å². The second kappa shape index (κ2) is 7.65. The van der Waals surface area contributed by atoms with Crippen LogP contribution in [0.1, 0.15) is 53.4 Å². The summed E-state index contributed by atoms with van der Waals surface area (Å²) in [6.45, 7) is 2.78. The summed E-state index contributed by atoms with van der Waals surface area (Å²) in [4.78, 5) is 11.6. The third-order valence-corrected chi connectivity index (χ3v) is 3.89. The van der Waals surface area contributed by atoms with Gasteiger partial charge < -0.3 is 4.74 Å². The summed E-state index contributed by atoms with van der Waals surface area (Å²) in [6, 6.07) is 0. The van der Waals surface area contributed by atoms with Gasteiger partial charge in [-0.15, -0.1) is 0 Å². The van der Waals surface area contributed by atoms with E-state index >= 15 is 0 Å². The highest BCUT2D eigenvalue weighted by Crippen LogP contribution is 2.48. The van der Waals surface area contributed by atoms with Crippen LogP contribution in [0.25, 0.3) is 0 Å². The van der Waals surface area contributed by atoms with Gasteiger partial charge in [0, 0.05) is 19.8 Å². The third-order valence-electron chi connectivity index (χ3n) is 3.89. The number of hydrogen-bond donors (Lipinski definition) is 0.